The fourth-order valence-electron chi connectivity index (χ4n) is 6.34. The minimum absolute atomic E-state index is 0.0712. The van der Waals surface area contributed by atoms with E-state index in [0.29, 0.717) is 48.4 Å². The molecule has 2 unspecified atom stereocenters. The zero-order chi connectivity index (χ0) is 28.3. The first-order valence-corrected chi connectivity index (χ1v) is 13.9. The van der Waals surface area contributed by atoms with Gasteiger partial charge in [-0.05, 0) is 92.1 Å². The van der Waals surface area contributed by atoms with Crippen molar-refractivity contribution in [3.8, 4) is 16.9 Å². The number of allylic oxidation sites excluding steroid dienone is 2. The van der Waals surface area contributed by atoms with E-state index in [2.05, 4.69) is 15.3 Å². The Bertz CT molecular complexity index is 1570. The van der Waals surface area contributed by atoms with Gasteiger partial charge >= 0.3 is 0 Å². The van der Waals surface area contributed by atoms with E-state index in [0.717, 1.165) is 12.8 Å². The third-order valence-electron chi connectivity index (χ3n) is 8.11. The van der Waals surface area contributed by atoms with Gasteiger partial charge in [-0.1, -0.05) is 6.92 Å². The van der Waals surface area contributed by atoms with Gasteiger partial charge in [0.15, 0.2) is 11.6 Å². The van der Waals surface area contributed by atoms with Crippen LogP contribution in [-0.4, -0.2) is 51.0 Å². The molecule has 2 atom stereocenters. The summed E-state index contributed by atoms with van der Waals surface area (Å²) < 4.78 is 47.5. The number of nitrogens with one attached hydrogen (secondary N) is 1. The molecule has 3 N–H and O–H groups in total. The van der Waals surface area contributed by atoms with Crippen LogP contribution in [0.2, 0.25) is 0 Å². The maximum absolute atomic E-state index is 16.6. The minimum atomic E-state index is -1.15. The van der Waals surface area contributed by atoms with Gasteiger partial charge in [-0.25, -0.2) is 23.1 Å². The van der Waals surface area contributed by atoms with E-state index in [1.54, 1.807) is 20.8 Å². The number of aryl methyl sites for hydroxylation is 1. The molecular weight excluding hydrogens is 517 g/mol. The molecule has 2 fully saturated rings. The van der Waals surface area contributed by atoms with Crippen molar-refractivity contribution < 1.29 is 23.4 Å². The van der Waals surface area contributed by atoms with Crippen molar-refractivity contribution in [3.63, 3.8) is 0 Å². The maximum atomic E-state index is 16.6. The van der Waals surface area contributed by atoms with Crippen molar-refractivity contribution in [2.75, 3.05) is 18.0 Å². The summed E-state index contributed by atoms with van der Waals surface area (Å²) in [6.45, 7) is 6.31. The summed E-state index contributed by atoms with van der Waals surface area (Å²) in [5.41, 5.74) is 0.00105. The van der Waals surface area contributed by atoms with E-state index < -0.39 is 17.2 Å². The molecule has 2 bridgehead atoms. The molecule has 40 heavy (non-hydrogen) atoms. The number of anilines is 1. The number of halogens is 3. The zero-order valence-electron chi connectivity index (χ0n) is 22.9. The number of aromatic nitrogens is 2. The van der Waals surface area contributed by atoms with Crippen molar-refractivity contribution in [2.24, 2.45) is 0 Å². The van der Waals surface area contributed by atoms with Crippen LogP contribution in [-0.2, 0) is 6.42 Å². The Labute approximate surface area is 231 Å². The number of benzene rings is 2. The number of aromatic hydroxyl groups is 1. The molecule has 1 aromatic heterocycles. The largest absolute Gasteiger partial charge is 0.508 e. The number of phenolic OH excluding ortho intramolecular Hbond substituents is 1. The fourth-order valence-corrected chi connectivity index (χ4v) is 6.34. The second-order valence-electron chi connectivity index (χ2n) is 11.6. The van der Waals surface area contributed by atoms with Crippen molar-refractivity contribution in [3.05, 3.63) is 58.7 Å². The van der Waals surface area contributed by atoms with Gasteiger partial charge in [0, 0.05) is 37.0 Å². The molecule has 2 saturated heterocycles. The lowest BCUT2D eigenvalue weighted by Gasteiger charge is -2.34. The predicted molar refractivity (Wildman–Crippen MR) is 151 cm³/mol. The first-order valence-electron chi connectivity index (χ1n) is 13.9. The summed E-state index contributed by atoms with van der Waals surface area (Å²) >= 11 is 0. The van der Waals surface area contributed by atoms with Gasteiger partial charge in [0.05, 0.1) is 11.2 Å². The van der Waals surface area contributed by atoms with Crippen LogP contribution in [0.15, 0.2) is 30.1 Å². The van der Waals surface area contributed by atoms with Gasteiger partial charge in [0.1, 0.15) is 28.7 Å². The van der Waals surface area contributed by atoms with Gasteiger partial charge in [0.25, 0.3) is 0 Å². The lowest BCUT2D eigenvalue weighted by atomic mass is 9.82. The lowest BCUT2D eigenvalue weighted by molar-refractivity contribution is 0.134. The molecule has 3 aromatic rings. The molecule has 3 heterocycles. The molecule has 6 nitrogen and oxygen atoms in total. The summed E-state index contributed by atoms with van der Waals surface area (Å²) in [6.07, 6.45) is 5.95. The lowest BCUT2D eigenvalue weighted by Crippen LogP contribution is -2.51. The Kier molecular flexibility index (Phi) is 6.62. The van der Waals surface area contributed by atoms with Gasteiger partial charge in [-0.2, -0.15) is 0 Å². The fraction of sp³-hybridized carbons (Fsp3) is 0.419. The normalized spacial score (nSPS) is 21.1. The molecule has 0 spiro atoms. The van der Waals surface area contributed by atoms with Crippen LogP contribution in [0.1, 0.15) is 63.4 Å². The molecular formula is C31H33F3N4O2. The Hall–Kier alpha value is -3.43. The molecule has 9 heteroatoms. The van der Waals surface area contributed by atoms with Crippen LogP contribution >= 0.6 is 0 Å². The van der Waals surface area contributed by atoms with Crippen LogP contribution in [0.25, 0.3) is 33.7 Å². The number of aliphatic hydroxyl groups is 1. The van der Waals surface area contributed by atoms with Crippen molar-refractivity contribution in [1.29, 1.82) is 0 Å². The topological polar surface area (TPSA) is 81.5 Å². The number of nitrogens with zero attached hydrogens (tertiary/aromatic N) is 3. The average molecular weight is 551 g/mol. The van der Waals surface area contributed by atoms with Crippen LogP contribution in [0.5, 0.6) is 5.75 Å². The Morgan fingerprint density at radius 3 is 2.45 bits per heavy atom. The van der Waals surface area contributed by atoms with Gasteiger partial charge in [0.2, 0.25) is 0 Å². The predicted octanol–water partition coefficient (Wildman–Crippen LogP) is 6.04. The SMILES string of the molecule is CCC1=C(F)CCc2cc(O)cc(-c3c(F)cc4c(N5CC6CCC(C5)N6)nc(/C=C/C(C)(C)O)nc4c3F)c21. The Balaban J connectivity index is 1.60. The molecule has 6 rings (SSSR count). The summed E-state index contributed by atoms with van der Waals surface area (Å²) in [5.74, 6) is -1.56. The van der Waals surface area contributed by atoms with Crippen molar-refractivity contribution in [1.82, 2.24) is 15.3 Å². The molecule has 0 saturated carbocycles. The monoisotopic (exact) mass is 550 g/mol. The maximum Gasteiger partial charge on any atom is 0.160 e. The van der Waals surface area contributed by atoms with Crippen LogP contribution in [0.4, 0.5) is 19.0 Å². The molecule has 0 amide bonds. The third kappa shape index (κ3) is 4.75. The summed E-state index contributed by atoms with van der Waals surface area (Å²) in [5, 5.41) is 24.5. The summed E-state index contributed by atoms with van der Waals surface area (Å²) in [7, 11) is 0. The van der Waals surface area contributed by atoms with E-state index in [9.17, 15) is 14.6 Å². The Morgan fingerprint density at radius 1 is 1.05 bits per heavy atom. The molecule has 0 radical (unpaired) electrons. The molecule has 2 aliphatic heterocycles. The highest BCUT2D eigenvalue weighted by Gasteiger charge is 2.34. The summed E-state index contributed by atoms with van der Waals surface area (Å²) in [4.78, 5) is 11.2. The van der Waals surface area contributed by atoms with Crippen LogP contribution in [0, 0.1) is 11.6 Å². The smallest absolute Gasteiger partial charge is 0.160 e. The third-order valence-corrected chi connectivity index (χ3v) is 8.11. The van der Waals surface area contributed by atoms with Gasteiger partial charge in [-0.3, -0.25) is 0 Å². The molecule has 3 aliphatic rings. The van der Waals surface area contributed by atoms with Crippen molar-refractivity contribution >= 4 is 28.4 Å². The number of fused-ring (bicyclic) bond motifs is 4. The molecule has 1 aliphatic carbocycles. The van der Waals surface area contributed by atoms with Crippen LogP contribution < -0.4 is 10.2 Å². The minimum Gasteiger partial charge on any atom is -0.508 e. The quantitative estimate of drug-likeness (QED) is 0.359. The van der Waals surface area contributed by atoms with E-state index >= 15 is 8.78 Å². The van der Waals surface area contributed by atoms with E-state index in [1.165, 1.54) is 30.4 Å². The number of rotatable bonds is 5. The average Bonchev–Trinajstić information content (AvgIpc) is 3.24. The highest BCUT2D eigenvalue weighted by Crippen LogP contribution is 2.45. The summed E-state index contributed by atoms with van der Waals surface area (Å²) in [6, 6.07) is 4.62. The van der Waals surface area contributed by atoms with Gasteiger partial charge in [-0.15, -0.1) is 0 Å². The number of hydrogen-bond donors (Lipinski definition) is 3. The number of phenols is 1. The number of piperazine rings is 1. The van der Waals surface area contributed by atoms with E-state index in [1.807, 2.05) is 4.90 Å². The first-order chi connectivity index (χ1) is 19.0. The standard InChI is InChI=1S/C31H33F3N4O2/c1-4-20-23(32)8-5-16-11-19(39)12-21(26(16)20)27-24(33)13-22-29(28(27)34)36-25(9-10-31(2,3)40)37-30(22)38-14-17-6-7-18(15-38)35-17/h9-13,17-18,35,39-40H,4-8,14-15H2,1-3H3/b10-9+. The van der Waals surface area contributed by atoms with Crippen LogP contribution in [0.3, 0.4) is 0 Å². The molecule has 210 valence electrons. The second kappa shape index (κ2) is 9.89. The van der Waals surface area contributed by atoms with E-state index in [4.69, 9.17) is 0 Å². The molecule has 2 aromatic carbocycles. The van der Waals surface area contributed by atoms with Gasteiger partial charge < -0.3 is 20.4 Å². The highest BCUT2D eigenvalue weighted by atomic mass is 19.1. The zero-order valence-corrected chi connectivity index (χ0v) is 22.9. The van der Waals surface area contributed by atoms with Crippen molar-refractivity contribution in [2.45, 2.75) is 70.6 Å². The first kappa shape index (κ1) is 26.8. The highest BCUT2D eigenvalue weighted by molar-refractivity contribution is 5.96. The Morgan fingerprint density at radius 2 is 1.77 bits per heavy atom. The van der Waals surface area contributed by atoms with E-state index in [-0.39, 0.29) is 57.9 Å². The number of hydrogen-bond acceptors (Lipinski definition) is 6. The second-order valence-corrected chi connectivity index (χ2v) is 11.6.